The van der Waals surface area contributed by atoms with Crippen molar-refractivity contribution in [2.24, 2.45) is 0 Å². The molecule has 1 aromatic rings. The first-order chi connectivity index (χ1) is 7.04. The van der Waals surface area contributed by atoms with Gasteiger partial charge in [-0.3, -0.25) is 0 Å². The minimum Gasteiger partial charge on any atom is -0.207 e. The lowest BCUT2D eigenvalue weighted by molar-refractivity contribution is 0.567. The van der Waals surface area contributed by atoms with Crippen molar-refractivity contribution in [3.63, 3.8) is 0 Å². The summed E-state index contributed by atoms with van der Waals surface area (Å²) in [5.41, 5.74) is 0.626. The molecule has 2 unspecified atom stereocenters. The van der Waals surface area contributed by atoms with E-state index in [0.717, 1.165) is 18.9 Å². The lowest BCUT2D eigenvalue weighted by Gasteiger charge is -2.17. The Kier molecular flexibility index (Phi) is 4.52. The zero-order valence-electron chi connectivity index (χ0n) is 8.93. The van der Waals surface area contributed by atoms with E-state index in [-0.39, 0.29) is 11.3 Å². The molecule has 2 atom stereocenters. The molecule has 3 heteroatoms. The number of halogens is 3. The molecule has 0 amide bonds. The minimum atomic E-state index is -0.544. The molecule has 0 nitrogen and oxygen atoms in total. The van der Waals surface area contributed by atoms with E-state index in [0.29, 0.717) is 5.56 Å². The van der Waals surface area contributed by atoms with Gasteiger partial charge in [-0.25, -0.2) is 8.78 Å². The topological polar surface area (TPSA) is 0 Å². The normalized spacial score (nSPS) is 15.0. The van der Waals surface area contributed by atoms with Gasteiger partial charge in [0.05, 0.1) is 0 Å². The summed E-state index contributed by atoms with van der Waals surface area (Å²) in [7, 11) is 0. The first-order valence-electron chi connectivity index (χ1n) is 5.14. The SMILES string of the molecule is CCCC(Cl)C(C)c1cc(F)cc(F)c1. The van der Waals surface area contributed by atoms with Gasteiger partial charge in [0.25, 0.3) is 0 Å². The summed E-state index contributed by atoms with van der Waals surface area (Å²) in [5, 5.41) is -0.0730. The Morgan fingerprint density at radius 2 is 1.73 bits per heavy atom. The Hall–Kier alpha value is -0.630. The van der Waals surface area contributed by atoms with Crippen LogP contribution in [0.15, 0.2) is 18.2 Å². The molecule has 0 spiro atoms. The second-order valence-corrected chi connectivity index (χ2v) is 4.36. The summed E-state index contributed by atoms with van der Waals surface area (Å²) in [6.07, 6.45) is 1.82. The zero-order valence-corrected chi connectivity index (χ0v) is 9.69. The Morgan fingerprint density at radius 3 is 2.20 bits per heavy atom. The fourth-order valence-corrected chi connectivity index (χ4v) is 1.94. The maximum Gasteiger partial charge on any atom is 0.126 e. The lowest BCUT2D eigenvalue weighted by Crippen LogP contribution is -2.09. The van der Waals surface area contributed by atoms with Gasteiger partial charge in [-0.15, -0.1) is 11.6 Å². The van der Waals surface area contributed by atoms with Crippen molar-refractivity contribution in [3.8, 4) is 0 Å². The second kappa shape index (κ2) is 5.45. The third kappa shape index (κ3) is 3.45. The summed E-state index contributed by atoms with van der Waals surface area (Å²) >= 11 is 6.13. The summed E-state index contributed by atoms with van der Waals surface area (Å²) in [4.78, 5) is 0. The second-order valence-electron chi connectivity index (χ2n) is 3.80. The maximum atomic E-state index is 13.0. The van der Waals surface area contributed by atoms with Crippen LogP contribution >= 0.6 is 11.6 Å². The maximum absolute atomic E-state index is 13.0. The number of hydrogen-bond donors (Lipinski definition) is 0. The molecular formula is C12H15ClF2. The third-order valence-corrected chi connectivity index (χ3v) is 3.11. The summed E-state index contributed by atoms with van der Waals surface area (Å²) in [6, 6.07) is 3.57. The molecule has 1 aromatic carbocycles. The van der Waals surface area contributed by atoms with Crippen LogP contribution in [0, 0.1) is 11.6 Å². The highest BCUT2D eigenvalue weighted by atomic mass is 35.5. The van der Waals surface area contributed by atoms with Gasteiger partial charge < -0.3 is 0 Å². The van der Waals surface area contributed by atoms with Gasteiger partial charge in [0.1, 0.15) is 11.6 Å². The number of rotatable bonds is 4. The fraction of sp³-hybridized carbons (Fsp3) is 0.500. The van der Waals surface area contributed by atoms with Crippen molar-refractivity contribution in [2.45, 2.75) is 38.0 Å². The van der Waals surface area contributed by atoms with Gasteiger partial charge in [0.15, 0.2) is 0 Å². The quantitative estimate of drug-likeness (QED) is 0.672. The van der Waals surface area contributed by atoms with Gasteiger partial charge in [-0.2, -0.15) is 0 Å². The van der Waals surface area contributed by atoms with Crippen molar-refractivity contribution in [3.05, 3.63) is 35.4 Å². The molecule has 0 heterocycles. The average Bonchev–Trinajstić information content (AvgIpc) is 2.15. The van der Waals surface area contributed by atoms with Crippen LogP contribution < -0.4 is 0 Å². The molecule has 0 aliphatic carbocycles. The molecule has 84 valence electrons. The van der Waals surface area contributed by atoms with E-state index < -0.39 is 11.6 Å². The van der Waals surface area contributed by atoms with Crippen LogP contribution in [0.5, 0.6) is 0 Å². The molecule has 0 radical (unpaired) electrons. The predicted octanol–water partition coefficient (Wildman–Crippen LogP) is 4.48. The van der Waals surface area contributed by atoms with Gasteiger partial charge >= 0.3 is 0 Å². The molecule has 15 heavy (non-hydrogen) atoms. The van der Waals surface area contributed by atoms with Gasteiger partial charge in [-0.05, 0) is 30.0 Å². The molecule has 0 saturated heterocycles. The Labute approximate surface area is 94.3 Å². The van der Waals surface area contributed by atoms with E-state index >= 15 is 0 Å². The summed E-state index contributed by atoms with van der Waals surface area (Å²) in [6.45, 7) is 3.93. The summed E-state index contributed by atoms with van der Waals surface area (Å²) < 4.78 is 25.9. The van der Waals surface area contributed by atoms with Crippen LogP contribution in [0.2, 0.25) is 0 Å². The van der Waals surface area contributed by atoms with Gasteiger partial charge in [0, 0.05) is 11.4 Å². The van der Waals surface area contributed by atoms with Crippen molar-refractivity contribution in [1.82, 2.24) is 0 Å². The van der Waals surface area contributed by atoms with Crippen molar-refractivity contribution in [1.29, 1.82) is 0 Å². The molecule has 0 aliphatic rings. The number of hydrogen-bond acceptors (Lipinski definition) is 0. The largest absolute Gasteiger partial charge is 0.207 e. The number of benzene rings is 1. The fourth-order valence-electron chi connectivity index (χ4n) is 1.57. The Balaban J connectivity index is 2.85. The lowest BCUT2D eigenvalue weighted by atomic mass is 9.95. The van der Waals surface area contributed by atoms with Crippen LogP contribution in [0.3, 0.4) is 0 Å². The highest BCUT2D eigenvalue weighted by Gasteiger charge is 2.16. The first kappa shape index (κ1) is 12.4. The van der Waals surface area contributed by atoms with E-state index in [1.54, 1.807) is 0 Å². The molecule has 0 aromatic heterocycles. The minimum absolute atomic E-state index is 0.0307. The monoisotopic (exact) mass is 232 g/mol. The van der Waals surface area contributed by atoms with Gasteiger partial charge in [0.2, 0.25) is 0 Å². The zero-order chi connectivity index (χ0) is 11.4. The number of alkyl halides is 1. The van der Waals surface area contributed by atoms with E-state index in [4.69, 9.17) is 11.6 Å². The predicted molar refractivity (Wildman–Crippen MR) is 59.3 cm³/mol. The van der Waals surface area contributed by atoms with Crippen molar-refractivity contribution >= 4 is 11.6 Å². The van der Waals surface area contributed by atoms with E-state index in [2.05, 4.69) is 0 Å². The molecular weight excluding hydrogens is 218 g/mol. The van der Waals surface area contributed by atoms with Crippen molar-refractivity contribution in [2.75, 3.05) is 0 Å². The highest BCUT2D eigenvalue weighted by Crippen LogP contribution is 2.27. The molecule has 0 aliphatic heterocycles. The van der Waals surface area contributed by atoms with E-state index in [1.165, 1.54) is 12.1 Å². The third-order valence-electron chi connectivity index (χ3n) is 2.52. The summed E-state index contributed by atoms with van der Waals surface area (Å²) in [5.74, 6) is -1.12. The standard InChI is InChI=1S/C12H15ClF2/c1-3-4-12(13)8(2)9-5-10(14)7-11(15)6-9/h5-8,12H,3-4H2,1-2H3. The molecule has 0 bridgehead atoms. The average molecular weight is 233 g/mol. The highest BCUT2D eigenvalue weighted by molar-refractivity contribution is 6.21. The molecule has 0 saturated carbocycles. The molecule has 0 fully saturated rings. The van der Waals surface area contributed by atoms with Crippen LogP contribution in [0.1, 0.15) is 38.2 Å². The van der Waals surface area contributed by atoms with Crippen LogP contribution in [-0.4, -0.2) is 5.38 Å². The molecule has 0 N–H and O–H groups in total. The first-order valence-corrected chi connectivity index (χ1v) is 5.58. The van der Waals surface area contributed by atoms with Crippen molar-refractivity contribution < 1.29 is 8.78 Å². The molecule has 1 rings (SSSR count). The van der Waals surface area contributed by atoms with E-state index in [1.807, 2.05) is 13.8 Å². The smallest absolute Gasteiger partial charge is 0.126 e. The van der Waals surface area contributed by atoms with Crippen LogP contribution in [0.4, 0.5) is 8.78 Å². The van der Waals surface area contributed by atoms with E-state index in [9.17, 15) is 8.78 Å². The van der Waals surface area contributed by atoms with Gasteiger partial charge in [-0.1, -0.05) is 20.3 Å². The van der Waals surface area contributed by atoms with Crippen LogP contribution in [-0.2, 0) is 0 Å². The Morgan fingerprint density at radius 1 is 1.20 bits per heavy atom. The Bertz CT molecular complexity index is 305. The van der Waals surface area contributed by atoms with Crippen LogP contribution in [0.25, 0.3) is 0 Å².